The molecule has 1 fully saturated rings. The normalized spacial score (nSPS) is 16.0. The minimum atomic E-state index is -3.62. The highest BCUT2D eigenvalue weighted by molar-refractivity contribution is 6.89. The number of aliphatic carboxylic acids is 8. The second-order valence-electron chi connectivity index (χ2n) is 25.3. The molecule has 546 valence electrons. The van der Waals surface area contributed by atoms with Gasteiger partial charge in [0.25, 0.3) is 14.3 Å². The predicted molar refractivity (Wildman–Crippen MR) is 349 cm³/mol. The number of carbonyl (C=O) groups excluding carboxylic acids is 6. The van der Waals surface area contributed by atoms with Crippen molar-refractivity contribution in [2.24, 2.45) is 0 Å². The van der Waals surface area contributed by atoms with Crippen molar-refractivity contribution in [3.05, 3.63) is 29.8 Å². The number of unbranched alkanes of at least 4 members (excludes halogenated alkanes) is 5. The quantitative estimate of drug-likeness (QED) is 0.0240. The predicted octanol–water partition coefficient (Wildman–Crippen LogP) is 0.495. The minimum absolute atomic E-state index is 0.0288. The van der Waals surface area contributed by atoms with E-state index in [0.29, 0.717) is 37.3 Å². The number of carboxylic acids is 8. The summed E-state index contributed by atoms with van der Waals surface area (Å²) in [6.07, 6.45) is 1.64. The fourth-order valence-electron chi connectivity index (χ4n) is 11.1. The third-order valence-electron chi connectivity index (χ3n) is 16.4. The Morgan fingerprint density at radius 2 is 0.876 bits per heavy atom. The van der Waals surface area contributed by atoms with Crippen molar-refractivity contribution >= 4 is 96.9 Å². The van der Waals surface area contributed by atoms with Crippen molar-refractivity contribution in [1.29, 1.82) is 0 Å². The topological polar surface area (TPSA) is 498 Å². The molecule has 0 saturated carbocycles. The Labute approximate surface area is 563 Å². The second kappa shape index (κ2) is 43.7. The SMILES string of the molecule is CC(C)[Si](F)(c1ccc(C(=O)NCC(NC(=O)CCC(C(=O)O)N2CCN(CC(=O)O)CCN(CC(=O)O)CCN(CC(=O)O)CC2)C(=O)NC(CCCCNC(=O)CCCCCCC(=O)NCCCC[C@H](NC(=O)N[C@@H](CCC(=O)O)C(=O)O)C(=O)O)C(=O)O)cc1)C(C)(C)C. The third kappa shape index (κ3) is 33.4. The van der Waals surface area contributed by atoms with Gasteiger partial charge in [-0.15, -0.1) is 0 Å². The fraction of sp³-hybridized carbons (Fsp3) is 0.677. The molecule has 33 nitrogen and oxygen atoms in total. The molecule has 1 aliphatic rings. The zero-order chi connectivity index (χ0) is 73.0. The summed E-state index contributed by atoms with van der Waals surface area (Å²) in [6, 6.07) is -2.70. The van der Waals surface area contributed by atoms with Gasteiger partial charge in [0.2, 0.25) is 23.6 Å². The van der Waals surface area contributed by atoms with Crippen molar-refractivity contribution in [3.8, 4) is 0 Å². The molecule has 1 saturated heterocycles. The number of benzene rings is 1. The number of rotatable bonds is 44. The third-order valence-corrected chi connectivity index (χ3v) is 21.3. The first-order valence-corrected chi connectivity index (χ1v) is 34.5. The fourth-order valence-corrected chi connectivity index (χ4v) is 15.0. The van der Waals surface area contributed by atoms with Gasteiger partial charge in [0, 0.05) is 103 Å². The smallest absolute Gasteiger partial charge is 0.326 e. The van der Waals surface area contributed by atoms with Crippen LogP contribution in [0.1, 0.15) is 148 Å². The molecule has 1 heterocycles. The van der Waals surface area contributed by atoms with Crippen molar-refractivity contribution in [3.63, 3.8) is 0 Å². The van der Waals surface area contributed by atoms with E-state index in [1.54, 1.807) is 13.8 Å². The number of carboxylic acid groups (broad SMARTS) is 8. The molecule has 1 aromatic carbocycles. The van der Waals surface area contributed by atoms with Crippen molar-refractivity contribution in [2.45, 2.75) is 178 Å². The molecule has 4 unspecified atom stereocenters. The number of nitrogens with zero attached hydrogens (tertiary/aromatic N) is 4. The average molecular weight is 1400 g/mol. The second-order valence-corrected chi connectivity index (χ2v) is 30.0. The summed E-state index contributed by atoms with van der Waals surface area (Å²) >= 11 is 0. The van der Waals surface area contributed by atoms with Gasteiger partial charge in [0.05, 0.1) is 19.6 Å². The minimum Gasteiger partial charge on any atom is -0.481 e. The molecular weight excluding hydrogens is 1300 g/mol. The van der Waals surface area contributed by atoms with Gasteiger partial charge in [0.15, 0.2) is 0 Å². The molecular formula is C62H100FN11O22Si. The van der Waals surface area contributed by atoms with Crippen LogP contribution in [0.5, 0.6) is 0 Å². The van der Waals surface area contributed by atoms with E-state index in [2.05, 4.69) is 31.9 Å². The number of urea groups is 1. The van der Waals surface area contributed by atoms with E-state index >= 15 is 4.11 Å². The highest BCUT2D eigenvalue weighted by atomic mass is 28.4. The lowest BCUT2D eigenvalue weighted by Gasteiger charge is -2.38. The summed E-state index contributed by atoms with van der Waals surface area (Å²) in [5.41, 5.74) is -0.240. The van der Waals surface area contributed by atoms with Gasteiger partial charge in [-0.3, -0.25) is 67.5 Å². The Hall–Kier alpha value is -8.41. The molecule has 0 bridgehead atoms. The van der Waals surface area contributed by atoms with Gasteiger partial charge < -0.3 is 82.2 Å². The van der Waals surface area contributed by atoms with Crippen molar-refractivity contribution in [1.82, 2.24) is 56.8 Å². The molecule has 0 aromatic heterocycles. The van der Waals surface area contributed by atoms with Gasteiger partial charge in [-0.05, 0) is 92.1 Å². The maximum atomic E-state index is 16.7. The highest BCUT2D eigenvalue weighted by Gasteiger charge is 2.50. The molecule has 7 amide bonds. The summed E-state index contributed by atoms with van der Waals surface area (Å²) in [5, 5.41) is 94.0. The van der Waals surface area contributed by atoms with E-state index in [0.717, 1.165) is 0 Å². The van der Waals surface area contributed by atoms with Gasteiger partial charge in [-0.25, -0.2) is 19.2 Å². The van der Waals surface area contributed by atoms with E-state index in [4.69, 9.17) is 5.11 Å². The van der Waals surface area contributed by atoms with Crippen LogP contribution in [0.2, 0.25) is 10.6 Å². The van der Waals surface area contributed by atoms with Crippen LogP contribution in [0.15, 0.2) is 24.3 Å². The maximum absolute atomic E-state index is 16.7. The van der Waals surface area contributed by atoms with E-state index < -0.39 is 167 Å². The standard InChI is InChI=1S/C62H100FN11O22Si/c1-40(2)97(63,62(3,4)5)42-20-18-41(19-21-42)55(86)66-36-46(67-50(77)24-23-47(60(94)95)74-34-32-72(38-53(82)83)30-28-71(37-52(80)81)29-31-73(33-35-74)39-54(84)85)56(87)68-43(57(88)89)14-10-12-26-64-48(75)16-8-6-7-9-17-49(76)65-27-13-11-15-44(58(90)91)69-61(96)70-45(59(92)93)22-25-51(78)79/h18-21,40,43-47H,6-17,22-39H2,1-5H3,(H,64,75)(H,65,76)(H,66,86)(H,67,77)(H,68,87)(H,78,79)(H,80,81)(H,82,83)(H,84,85)(H,88,89)(H,90,91)(H,92,93)(H,94,95)(H2,69,70,96)/t43?,44-,45-,46?,47?,97?/m0/s1. The summed E-state index contributed by atoms with van der Waals surface area (Å²) in [4.78, 5) is 179. The lowest BCUT2D eigenvalue weighted by molar-refractivity contribution is -0.145. The van der Waals surface area contributed by atoms with Crippen LogP contribution in [0.3, 0.4) is 0 Å². The Balaban J connectivity index is 2.07. The van der Waals surface area contributed by atoms with Crippen LogP contribution in [0.25, 0.3) is 0 Å². The Bertz CT molecular complexity index is 2780. The molecule has 1 aliphatic heterocycles. The molecule has 1 aromatic rings. The number of nitrogens with one attached hydrogen (secondary N) is 7. The van der Waals surface area contributed by atoms with Gasteiger partial charge >= 0.3 is 53.8 Å². The highest BCUT2D eigenvalue weighted by Crippen LogP contribution is 2.44. The first-order chi connectivity index (χ1) is 45.5. The number of hydrogen-bond acceptors (Lipinski definition) is 18. The average Bonchev–Trinajstić information content (AvgIpc) is 0.773. The Kier molecular flexibility index (Phi) is 38.1. The molecule has 15 N–H and O–H groups in total. The Morgan fingerprint density at radius 3 is 1.27 bits per heavy atom. The molecule has 2 rings (SSSR count). The summed E-state index contributed by atoms with van der Waals surface area (Å²) < 4.78 is 16.7. The molecule has 0 aliphatic carbocycles. The van der Waals surface area contributed by atoms with Crippen LogP contribution >= 0.6 is 0 Å². The number of amides is 7. The molecule has 0 spiro atoms. The zero-order valence-electron chi connectivity index (χ0n) is 55.9. The van der Waals surface area contributed by atoms with Crippen molar-refractivity contribution in [2.75, 3.05) is 91.6 Å². The largest absolute Gasteiger partial charge is 0.481 e. The number of hydrogen-bond donors (Lipinski definition) is 15. The van der Waals surface area contributed by atoms with E-state index in [9.17, 15) is 103 Å². The van der Waals surface area contributed by atoms with E-state index in [1.165, 1.54) is 43.9 Å². The van der Waals surface area contributed by atoms with Gasteiger partial charge in [-0.2, -0.15) is 0 Å². The van der Waals surface area contributed by atoms with Crippen LogP contribution in [0.4, 0.5) is 8.90 Å². The van der Waals surface area contributed by atoms with Crippen LogP contribution in [-0.2, 0) is 57.5 Å². The lowest BCUT2D eigenvalue weighted by Crippen LogP contribution is -2.56. The molecule has 97 heavy (non-hydrogen) atoms. The first kappa shape index (κ1) is 84.7. The van der Waals surface area contributed by atoms with Crippen LogP contribution < -0.4 is 42.4 Å². The monoisotopic (exact) mass is 1400 g/mol. The summed E-state index contributed by atoms with van der Waals surface area (Å²) in [5.74, 6) is -13.7. The summed E-state index contributed by atoms with van der Waals surface area (Å²) in [6.45, 7) is 7.49. The van der Waals surface area contributed by atoms with Crippen LogP contribution in [0, 0.1) is 0 Å². The van der Waals surface area contributed by atoms with Gasteiger partial charge in [-0.1, -0.05) is 59.6 Å². The van der Waals surface area contributed by atoms with Crippen molar-refractivity contribution < 1.29 is 112 Å². The zero-order valence-corrected chi connectivity index (χ0v) is 56.9. The molecule has 0 radical (unpaired) electrons. The Morgan fingerprint density at radius 1 is 0.454 bits per heavy atom. The molecule has 6 atom stereocenters. The number of halogens is 1. The van der Waals surface area contributed by atoms with Gasteiger partial charge in [0.1, 0.15) is 30.2 Å². The maximum Gasteiger partial charge on any atom is 0.326 e. The van der Waals surface area contributed by atoms with Crippen LogP contribution in [-0.4, -0.2) is 274 Å². The first-order valence-electron chi connectivity index (χ1n) is 32.5. The van der Waals surface area contributed by atoms with E-state index in [-0.39, 0.29) is 133 Å². The lowest BCUT2D eigenvalue weighted by atomic mass is 10.1. The summed E-state index contributed by atoms with van der Waals surface area (Å²) in [7, 11) is -3.62. The number of carbonyl (C=O) groups is 14. The molecule has 35 heteroatoms. The van der Waals surface area contributed by atoms with E-state index in [1.807, 2.05) is 26.1 Å².